The molecule has 0 radical (unpaired) electrons. The molecule has 1 aliphatic rings. The number of thiophene rings is 1. The average molecular weight is 650 g/mol. The van der Waals surface area contributed by atoms with Crippen molar-refractivity contribution in [3.05, 3.63) is 93.7 Å². The molecule has 0 aliphatic carbocycles. The number of rotatable bonds is 8. The number of carbonyl (C=O) groups is 2. The van der Waals surface area contributed by atoms with Crippen LogP contribution in [0.5, 0.6) is 11.5 Å². The molecule has 0 unspecified atom stereocenters. The lowest BCUT2D eigenvalue weighted by molar-refractivity contribution is -0.139. The third-order valence-corrected chi connectivity index (χ3v) is 10.1. The van der Waals surface area contributed by atoms with Gasteiger partial charge < -0.3 is 23.5 Å². The lowest BCUT2D eigenvalue weighted by Crippen LogP contribution is -2.40. The smallest absolute Gasteiger partial charge is 0.341 e. The van der Waals surface area contributed by atoms with E-state index in [0.717, 1.165) is 32.4 Å². The standard InChI is InChI=1S/C33H35N3O7S2/c1-10-43-32(39)26-18(4)34-33-36(27(26)22-12-11-13-23(40-7)28(22)41-8)29(37)24(45-33)15-21-14-16(2)35(19(21)5)30-25(31(38)42-9)17(3)20(6)44-30/h11-15,27H,10H2,1-9H3/b24-15-/t27-/m0/s1. The number of hydrogen-bond acceptors (Lipinski definition) is 10. The Labute approximate surface area is 268 Å². The van der Waals surface area contributed by atoms with Gasteiger partial charge in [0.25, 0.3) is 5.56 Å². The molecule has 0 amide bonds. The summed E-state index contributed by atoms with van der Waals surface area (Å²) < 4.78 is 25.8. The molecular weight excluding hydrogens is 615 g/mol. The maximum absolute atomic E-state index is 14.3. The summed E-state index contributed by atoms with van der Waals surface area (Å²) in [7, 11) is 4.43. The molecule has 0 fully saturated rings. The van der Waals surface area contributed by atoms with Crippen LogP contribution < -0.4 is 24.4 Å². The van der Waals surface area contributed by atoms with E-state index in [0.29, 0.717) is 37.7 Å². The molecule has 1 aromatic carbocycles. The van der Waals surface area contributed by atoms with Crippen LogP contribution in [0, 0.1) is 27.7 Å². The first kappa shape index (κ1) is 32.0. The zero-order chi connectivity index (χ0) is 32.7. The summed E-state index contributed by atoms with van der Waals surface area (Å²) in [6.07, 6.45) is 1.83. The van der Waals surface area contributed by atoms with Crippen molar-refractivity contribution in [3.63, 3.8) is 0 Å². The van der Waals surface area contributed by atoms with E-state index in [9.17, 15) is 14.4 Å². The summed E-state index contributed by atoms with van der Waals surface area (Å²) in [6, 6.07) is 6.47. The van der Waals surface area contributed by atoms with E-state index in [1.165, 1.54) is 48.6 Å². The summed E-state index contributed by atoms with van der Waals surface area (Å²) in [6.45, 7) is 11.4. The second-order valence-corrected chi connectivity index (χ2v) is 12.7. The van der Waals surface area contributed by atoms with Crippen molar-refractivity contribution in [3.8, 4) is 16.5 Å². The zero-order valence-electron chi connectivity index (χ0n) is 26.7. The Bertz CT molecular complexity index is 2060. The molecule has 1 atom stereocenters. The predicted molar refractivity (Wildman–Crippen MR) is 174 cm³/mol. The van der Waals surface area contributed by atoms with Gasteiger partial charge in [-0.15, -0.1) is 11.3 Å². The van der Waals surface area contributed by atoms with Gasteiger partial charge in [-0.3, -0.25) is 9.36 Å². The number of methoxy groups -OCH3 is 3. The van der Waals surface area contributed by atoms with Crippen LogP contribution in [0.15, 0.2) is 45.3 Å². The van der Waals surface area contributed by atoms with Gasteiger partial charge in [-0.25, -0.2) is 14.6 Å². The minimum Gasteiger partial charge on any atom is -0.493 e. The van der Waals surface area contributed by atoms with Crippen molar-refractivity contribution in [2.24, 2.45) is 4.99 Å². The van der Waals surface area contributed by atoms with Gasteiger partial charge in [0.1, 0.15) is 11.0 Å². The van der Waals surface area contributed by atoms with E-state index in [2.05, 4.69) is 4.99 Å². The van der Waals surface area contributed by atoms with Gasteiger partial charge in [0.05, 0.1) is 49.3 Å². The van der Waals surface area contributed by atoms with Gasteiger partial charge >= 0.3 is 11.9 Å². The number of benzene rings is 1. The largest absolute Gasteiger partial charge is 0.493 e. The first-order valence-electron chi connectivity index (χ1n) is 14.3. The Morgan fingerprint density at radius 3 is 2.40 bits per heavy atom. The fraction of sp³-hybridized carbons (Fsp3) is 0.333. The fourth-order valence-corrected chi connectivity index (χ4v) is 8.00. The Kier molecular flexibility index (Phi) is 8.90. The molecule has 0 spiro atoms. The molecule has 3 aromatic heterocycles. The molecule has 12 heteroatoms. The molecule has 45 heavy (non-hydrogen) atoms. The second kappa shape index (κ2) is 12.5. The molecule has 0 saturated heterocycles. The monoisotopic (exact) mass is 649 g/mol. The molecule has 10 nitrogen and oxygen atoms in total. The van der Waals surface area contributed by atoms with E-state index in [-0.39, 0.29) is 17.7 Å². The maximum atomic E-state index is 14.3. The number of fused-ring (bicyclic) bond motifs is 1. The second-order valence-electron chi connectivity index (χ2n) is 10.5. The highest BCUT2D eigenvalue weighted by molar-refractivity contribution is 7.15. The van der Waals surface area contributed by atoms with Gasteiger partial charge in [-0.05, 0) is 70.9 Å². The molecule has 0 saturated carbocycles. The van der Waals surface area contributed by atoms with Crippen LogP contribution in [0.2, 0.25) is 0 Å². The van der Waals surface area contributed by atoms with E-state index in [1.807, 2.05) is 44.4 Å². The van der Waals surface area contributed by atoms with Crippen LogP contribution >= 0.6 is 22.7 Å². The summed E-state index contributed by atoms with van der Waals surface area (Å²) in [5.41, 5.74) is 4.94. The number of allylic oxidation sites excluding steroid dienone is 1. The highest BCUT2D eigenvalue weighted by atomic mass is 32.1. The first-order chi connectivity index (χ1) is 21.5. The minimum atomic E-state index is -0.861. The number of esters is 2. The third kappa shape index (κ3) is 5.31. The van der Waals surface area contributed by atoms with Crippen molar-refractivity contribution in [2.75, 3.05) is 27.9 Å². The maximum Gasteiger partial charge on any atom is 0.341 e. The van der Waals surface area contributed by atoms with E-state index >= 15 is 0 Å². The first-order valence-corrected chi connectivity index (χ1v) is 15.9. The van der Waals surface area contributed by atoms with Crippen LogP contribution in [-0.4, -0.2) is 49.0 Å². The molecule has 1 aliphatic heterocycles. The molecular formula is C33H35N3O7S2. The lowest BCUT2D eigenvalue weighted by atomic mass is 9.94. The fourth-order valence-electron chi connectivity index (χ4n) is 5.71. The third-order valence-electron chi connectivity index (χ3n) is 7.96. The van der Waals surface area contributed by atoms with Gasteiger partial charge in [-0.2, -0.15) is 0 Å². The number of carbonyl (C=O) groups excluding carboxylic acids is 2. The quantitative estimate of drug-likeness (QED) is 0.255. The van der Waals surface area contributed by atoms with Crippen molar-refractivity contribution in [1.29, 1.82) is 0 Å². The normalized spacial score (nSPS) is 14.7. The minimum absolute atomic E-state index is 0.165. The van der Waals surface area contributed by atoms with Crippen LogP contribution in [0.3, 0.4) is 0 Å². The van der Waals surface area contributed by atoms with Gasteiger partial charge in [-0.1, -0.05) is 23.5 Å². The molecule has 4 heterocycles. The number of ether oxygens (including phenoxy) is 4. The van der Waals surface area contributed by atoms with Crippen LogP contribution in [0.1, 0.15) is 63.2 Å². The number of aromatic nitrogens is 2. The summed E-state index contributed by atoms with van der Waals surface area (Å²) >= 11 is 2.76. The zero-order valence-corrected chi connectivity index (χ0v) is 28.3. The molecule has 236 valence electrons. The summed E-state index contributed by atoms with van der Waals surface area (Å²) in [5.74, 6) is -0.0836. The van der Waals surface area contributed by atoms with Gasteiger partial charge in [0.15, 0.2) is 16.3 Å². The molecule has 4 aromatic rings. The number of hydrogen-bond donors (Lipinski definition) is 0. The molecule has 0 bridgehead atoms. The van der Waals surface area contributed by atoms with E-state index in [4.69, 9.17) is 18.9 Å². The Balaban J connectivity index is 1.74. The van der Waals surface area contributed by atoms with Crippen molar-refractivity contribution < 1.29 is 28.5 Å². The Hall–Kier alpha value is -4.42. The van der Waals surface area contributed by atoms with Gasteiger partial charge in [0, 0.05) is 21.8 Å². The Morgan fingerprint density at radius 2 is 1.76 bits per heavy atom. The number of nitrogens with zero attached hydrogens (tertiary/aromatic N) is 3. The average Bonchev–Trinajstić information content (AvgIpc) is 3.59. The highest BCUT2D eigenvalue weighted by Crippen LogP contribution is 2.40. The lowest BCUT2D eigenvalue weighted by Gasteiger charge is -2.26. The van der Waals surface area contributed by atoms with Gasteiger partial charge in [0.2, 0.25) is 0 Å². The van der Waals surface area contributed by atoms with Crippen molar-refractivity contribution >= 4 is 40.7 Å². The van der Waals surface area contributed by atoms with Crippen LogP contribution in [-0.2, 0) is 14.3 Å². The van der Waals surface area contributed by atoms with Crippen molar-refractivity contribution in [1.82, 2.24) is 9.13 Å². The van der Waals surface area contributed by atoms with Crippen LogP contribution in [0.25, 0.3) is 11.1 Å². The summed E-state index contributed by atoms with van der Waals surface area (Å²) in [5, 5.41) is 0.771. The highest BCUT2D eigenvalue weighted by Gasteiger charge is 2.36. The SMILES string of the molecule is CCOC(=O)C1=C(C)N=c2s/c(=C\c3cc(C)n(-c4sc(C)c(C)c4C(=O)OC)c3C)c(=O)n2[C@H]1c1cccc(OC)c1OC. The Morgan fingerprint density at radius 1 is 1.02 bits per heavy atom. The topological polar surface area (TPSA) is 110 Å². The number of para-hydroxylation sites is 1. The summed E-state index contributed by atoms with van der Waals surface area (Å²) in [4.78, 5) is 46.5. The molecule has 0 N–H and O–H groups in total. The van der Waals surface area contributed by atoms with E-state index in [1.54, 1.807) is 32.0 Å². The van der Waals surface area contributed by atoms with E-state index < -0.39 is 18.0 Å². The predicted octanol–water partition coefficient (Wildman–Crippen LogP) is 4.69. The van der Waals surface area contributed by atoms with Crippen LogP contribution in [0.4, 0.5) is 0 Å². The van der Waals surface area contributed by atoms with Crippen molar-refractivity contribution in [2.45, 2.75) is 47.6 Å². The number of thiazole rings is 1. The molecule has 5 rings (SSSR count). The number of aryl methyl sites for hydroxylation is 2.